The molecule has 6 nitrogen and oxygen atoms in total. The lowest BCUT2D eigenvalue weighted by molar-refractivity contribution is -0.140. The number of esters is 1. The Hall–Kier alpha value is -3.41. The first-order valence-corrected chi connectivity index (χ1v) is 10.1. The van der Waals surface area contributed by atoms with E-state index in [0.29, 0.717) is 17.6 Å². The lowest BCUT2D eigenvalue weighted by atomic mass is 9.75. The molecule has 1 aromatic heterocycles. The summed E-state index contributed by atoms with van der Waals surface area (Å²) in [5.74, 6) is -0.0840. The molecule has 0 fully saturated rings. The van der Waals surface area contributed by atoms with Gasteiger partial charge in [0.05, 0.1) is 5.57 Å². The smallest absolute Gasteiger partial charge is 0.336 e. The number of aromatic nitrogens is 1. The van der Waals surface area contributed by atoms with Crippen LogP contribution in [-0.4, -0.2) is 30.0 Å². The first kappa shape index (κ1) is 19.9. The molecule has 0 radical (unpaired) electrons. The molecule has 0 bridgehead atoms. The molecule has 154 valence electrons. The Balaban J connectivity index is 1.54. The molecule has 1 aliphatic heterocycles. The summed E-state index contributed by atoms with van der Waals surface area (Å²) in [6.45, 7) is 2.23. The van der Waals surface area contributed by atoms with Crippen molar-refractivity contribution in [2.24, 2.45) is 0 Å². The zero-order chi connectivity index (χ0) is 20.9. The van der Waals surface area contributed by atoms with Crippen LogP contribution < -0.4 is 10.1 Å². The molecule has 2 aliphatic rings. The summed E-state index contributed by atoms with van der Waals surface area (Å²) in [5, 5.41) is 3.29. The fourth-order valence-electron chi connectivity index (χ4n) is 4.03. The van der Waals surface area contributed by atoms with E-state index in [9.17, 15) is 9.59 Å². The van der Waals surface area contributed by atoms with Crippen molar-refractivity contribution >= 4 is 11.8 Å². The van der Waals surface area contributed by atoms with Crippen molar-refractivity contribution in [2.45, 2.75) is 32.1 Å². The van der Waals surface area contributed by atoms with Crippen LogP contribution in [0.2, 0.25) is 0 Å². The van der Waals surface area contributed by atoms with Crippen LogP contribution in [-0.2, 0) is 14.3 Å². The molecule has 2 heterocycles. The van der Waals surface area contributed by atoms with Gasteiger partial charge in [-0.25, -0.2) is 4.79 Å². The maximum atomic E-state index is 13.1. The van der Waals surface area contributed by atoms with E-state index in [0.717, 1.165) is 35.5 Å². The van der Waals surface area contributed by atoms with Crippen molar-refractivity contribution in [3.63, 3.8) is 0 Å². The van der Waals surface area contributed by atoms with Gasteiger partial charge < -0.3 is 14.8 Å². The van der Waals surface area contributed by atoms with E-state index in [1.807, 2.05) is 49.4 Å². The van der Waals surface area contributed by atoms with Gasteiger partial charge in [0.25, 0.3) is 0 Å². The third-order valence-corrected chi connectivity index (χ3v) is 5.36. The third-order valence-electron chi connectivity index (χ3n) is 5.36. The number of ether oxygens (including phenoxy) is 2. The number of pyridine rings is 1. The zero-order valence-electron chi connectivity index (χ0n) is 16.9. The highest BCUT2D eigenvalue weighted by molar-refractivity contribution is 6.03. The molecular weight excluding hydrogens is 380 g/mol. The van der Waals surface area contributed by atoms with Gasteiger partial charge in [-0.1, -0.05) is 18.2 Å². The number of ketones is 1. The summed E-state index contributed by atoms with van der Waals surface area (Å²) in [6, 6.07) is 13.1. The molecule has 6 heteroatoms. The second-order valence-electron chi connectivity index (χ2n) is 7.34. The van der Waals surface area contributed by atoms with Crippen LogP contribution in [0.5, 0.6) is 5.75 Å². The van der Waals surface area contributed by atoms with Gasteiger partial charge in [-0.3, -0.25) is 9.78 Å². The Morgan fingerprint density at radius 3 is 2.63 bits per heavy atom. The number of allylic oxidation sites excluding steroid dienone is 3. The molecule has 1 atom stereocenters. The number of carbonyl (C=O) groups is 2. The Kier molecular flexibility index (Phi) is 5.93. The SMILES string of the molecule is CC1=C(C(=O)OCCOc2ccccc2)[C@H](c2ccncc2)C2=C(CCCC2=O)N1. The van der Waals surface area contributed by atoms with Crippen LogP contribution in [0, 0.1) is 0 Å². The molecular formula is C24H24N2O4. The van der Waals surface area contributed by atoms with E-state index in [4.69, 9.17) is 9.47 Å². The summed E-state index contributed by atoms with van der Waals surface area (Å²) in [4.78, 5) is 29.9. The number of para-hydroxylation sites is 1. The van der Waals surface area contributed by atoms with Crippen LogP contribution in [0.4, 0.5) is 0 Å². The molecule has 1 N–H and O–H groups in total. The number of hydrogen-bond donors (Lipinski definition) is 1. The lowest BCUT2D eigenvalue weighted by Crippen LogP contribution is -2.34. The zero-order valence-corrected chi connectivity index (χ0v) is 16.9. The number of dihydropyridines is 1. The number of carbonyl (C=O) groups excluding carboxylic acids is 2. The summed E-state index contributed by atoms with van der Waals surface area (Å²) < 4.78 is 11.1. The van der Waals surface area contributed by atoms with Gasteiger partial charge in [0, 0.05) is 41.7 Å². The second-order valence-corrected chi connectivity index (χ2v) is 7.34. The van der Waals surface area contributed by atoms with Crippen LogP contribution in [0.3, 0.4) is 0 Å². The maximum absolute atomic E-state index is 13.1. The van der Waals surface area contributed by atoms with E-state index in [1.165, 1.54) is 0 Å². The average Bonchev–Trinajstić information content (AvgIpc) is 2.77. The molecule has 0 saturated heterocycles. The standard InChI is InChI=1S/C24H24N2O4/c1-16-21(24(28)30-15-14-29-18-6-3-2-4-7-18)22(17-10-12-25-13-11-17)23-19(26-16)8-5-9-20(23)27/h2-4,6-7,10-13,22,26H,5,8-9,14-15H2,1H3/t22-/m0/s1. The first-order valence-electron chi connectivity index (χ1n) is 10.1. The minimum absolute atomic E-state index is 0.0794. The van der Waals surface area contributed by atoms with Crippen molar-refractivity contribution in [3.8, 4) is 5.75 Å². The van der Waals surface area contributed by atoms with Crippen LogP contribution in [0.25, 0.3) is 0 Å². The van der Waals surface area contributed by atoms with Gasteiger partial charge in [-0.2, -0.15) is 0 Å². The lowest BCUT2D eigenvalue weighted by Gasteiger charge is -2.34. The minimum atomic E-state index is -0.445. The summed E-state index contributed by atoms with van der Waals surface area (Å²) in [6.07, 6.45) is 5.47. The molecule has 0 amide bonds. The Morgan fingerprint density at radius 2 is 1.87 bits per heavy atom. The van der Waals surface area contributed by atoms with Gasteiger partial charge in [-0.15, -0.1) is 0 Å². The van der Waals surface area contributed by atoms with Crippen molar-refractivity contribution in [3.05, 3.63) is 83.0 Å². The summed E-state index contributed by atoms with van der Waals surface area (Å²) >= 11 is 0. The molecule has 2 aromatic rings. The van der Waals surface area contributed by atoms with Crippen molar-refractivity contribution in [1.29, 1.82) is 0 Å². The van der Waals surface area contributed by atoms with E-state index in [2.05, 4.69) is 10.3 Å². The Bertz CT molecular complexity index is 996. The number of nitrogens with one attached hydrogen (secondary N) is 1. The molecule has 0 saturated carbocycles. The molecule has 0 spiro atoms. The topological polar surface area (TPSA) is 77.5 Å². The van der Waals surface area contributed by atoms with Gasteiger partial charge in [0.1, 0.15) is 19.0 Å². The van der Waals surface area contributed by atoms with Crippen LogP contribution in [0.15, 0.2) is 77.4 Å². The predicted octanol–water partition coefficient (Wildman–Crippen LogP) is 3.67. The van der Waals surface area contributed by atoms with Gasteiger partial charge in [0.2, 0.25) is 0 Å². The van der Waals surface area contributed by atoms with Crippen LogP contribution >= 0.6 is 0 Å². The fourth-order valence-corrected chi connectivity index (χ4v) is 4.03. The number of Topliss-reactive ketones (excluding diaryl/α,β-unsaturated/α-hetero) is 1. The highest BCUT2D eigenvalue weighted by atomic mass is 16.6. The largest absolute Gasteiger partial charge is 0.490 e. The van der Waals surface area contributed by atoms with Crippen molar-refractivity contribution < 1.29 is 19.1 Å². The van der Waals surface area contributed by atoms with Gasteiger partial charge >= 0.3 is 5.97 Å². The monoisotopic (exact) mass is 404 g/mol. The number of nitrogens with zero attached hydrogens (tertiary/aromatic N) is 1. The number of hydrogen-bond acceptors (Lipinski definition) is 6. The maximum Gasteiger partial charge on any atom is 0.336 e. The highest BCUT2D eigenvalue weighted by Crippen LogP contribution is 2.42. The van der Waals surface area contributed by atoms with E-state index in [-0.39, 0.29) is 19.0 Å². The number of benzene rings is 1. The molecule has 0 unspecified atom stereocenters. The van der Waals surface area contributed by atoms with Crippen LogP contribution in [0.1, 0.15) is 37.7 Å². The normalized spacial score (nSPS) is 18.6. The first-order chi connectivity index (χ1) is 14.6. The van der Waals surface area contributed by atoms with E-state index in [1.54, 1.807) is 12.4 Å². The predicted molar refractivity (Wildman–Crippen MR) is 112 cm³/mol. The highest BCUT2D eigenvalue weighted by Gasteiger charge is 2.39. The summed E-state index contributed by atoms with van der Waals surface area (Å²) in [7, 11) is 0. The Labute approximate surface area is 175 Å². The molecule has 1 aliphatic carbocycles. The van der Waals surface area contributed by atoms with E-state index < -0.39 is 11.9 Å². The third kappa shape index (κ3) is 4.13. The average molecular weight is 404 g/mol. The van der Waals surface area contributed by atoms with E-state index >= 15 is 0 Å². The Morgan fingerprint density at radius 1 is 1.10 bits per heavy atom. The minimum Gasteiger partial charge on any atom is -0.490 e. The quantitative estimate of drug-likeness (QED) is 0.585. The number of rotatable bonds is 6. The van der Waals surface area contributed by atoms with Gasteiger partial charge in [0.15, 0.2) is 5.78 Å². The van der Waals surface area contributed by atoms with Crippen molar-refractivity contribution in [1.82, 2.24) is 10.3 Å². The molecule has 1 aromatic carbocycles. The van der Waals surface area contributed by atoms with Crippen molar-refractivity contribution in [2.75, 3.05) is 13.2 Å². The molecule has 30 heavy (non-hydrogen) atoms. The second kappa shape index (κ2) is 8.95. The van der Waals surface area contributed by atoms with Gasteiger partial charge in [-0.05, 0) is 49.6 Å². The fraction of sp³-hybridized carbons (Fsp3) is 0.292. The summed E-state index contributed by atoms with van der Waals surface area (Å²) in [5.41, 5.74) is 3.63. The molecule has 4 rings (SSSR count).